The van der Waals surface area contributed by atoms with E-state index in [9.17, 15) is 9.18 Å². The summed E-state index contributed by atoms with van der Waals surface area (Å²) in [5.74, 6) is -0.433. The average Bonchev–Trinajstić information content (AvgIpc) is 2.19. The SMILES string of the molecule is O=C(CBr)NCc1cc(F)ccc1Br. The summed E-state index contributed by atoms with van der Waals surface area (Å²) in [5.41, 5.74) is 0.722. The van der Waals surface area contributed by atoms with Crippen LogP contribution in [0.2, 0.25) is 0 Å². The van der Waals surface area contributed by atoms with Gasteiger partial charge in [0.2, 0.25) is 5.91 Å². The molecule has 2 nitrogen and oxygen atoms in total. The van der Waals surface area contributed by atoms with Gasteiger partial charge in [-0.1, -0.05) is 31.9 Å². The minimum Gasteiger partial charge on any atom is -0.351 e. The second kappa shape index (κ2) is 5.46. The maximum atomic E-state index is 12.8. The first-order valence-corrected chi connectivity index (χ1v) is 5.81. The third-order valence-electron chi connectivity index (χ3n) is 1.61. The fraction of sp³-hybridized carbons (Fsp3) is 0.222. The largest absolute Gasteiger partial charge is 0.351 e. The number of carbonyl (C=O) groups excluding carboxylic acids is 1. The van der Waals surface area contributed by atoms with E-state index >= 15 is 0 Å². The molecule has 1 amide bonds. The molecule has 0 aromatic heterocycles. The summed E-state index contributed by atoms with van der Waals surface area (Å²) in [5, 5.41) is 2.88. The molecule has 76 valence electrons. The second-order valence-corrected chi connectivity index (χ2v) is 4.06. The molecule has 1 rings (SSSR count). The van der Waals surface area contributed by atoms with Gasteiger partial charge in [-0.15, -0.1) is 0 Å². The first-order valence-electron chi connectivity index (χ1n) is 3.90. The molecule has 1 aromatic rings. The summed E-state index contributed by atoms with van der Waals surface area (Å²) in [4.78, 5) is 10.9. The highest BCUT2D eigenvalue weighted by atomic mass is 79.9. The molecule has 1 aromatic carbocycles. The summed E-state index contributed by atoms with van der Waals surface area (Å²) in [6.45, 7) is 0.322. The number of amides is 1. The number of hydrogen-bond donors (Lipinski definition) is 1. The normalized spacial score (nSPS) is 9.93. The standard InChI is InChI=1S/C9H8Br2FNO/c10-4-9(14)13-5-6-3-7(12)1-2-8(6)11/h1-3H,4-5H2,(H,13,14). The van der Waals surface area contributed by atoms with Gasteiger partial charge >= 0.3 is 0 Å². The van der Waals surface area contributed by atoms with Crippen LogP contribution in [0.1, 0.15) is 5.56 Å². The molecule has 14 heavy (non-hydrogen) atoms. The number of halogens is 3. The molecule has 1 N–H and O–H groups in total. The van der Waals surface area contributed by atoms with E-state index in [0.717, 1.165) is 10.0 Å². The second-order valence-electron chi connectivity index (χ2n) is 2.65. The predicted molar refractivity (Wildman–Crippen MR) is 59.7 cm³/mol. The van der Waals surface area contributed by atoms with Gasteiger partial charge in [0, 0.05) is 11.0 Å². The van der Waals surface area contributed by atoms with Crippen LogP contribution in [0.3, 0.4) is 0 Å². The van der Waals surface area contributed by atoms with Crippen molar-refractivity contribution >= 4 is 37.8 Å². The van der Waals surface area contributed by atoms with Crippen molar-refractivity contribution in [1.29, 1.82) is 0 Å². The van der Waals surface area contributed by atoms with E-state index in [-0.39, 0.29) is 17.1 Å². The van der Waals surface area contributed by atoms with E-state index in [1.807, 2.05) is 0 Å². The first kappa shape index (κ1) is 11.7. The number of nitrogens with one attached hydrogen (secondary N) is 1. The molecule has 0 aliphatic heterocycles. The van der Waals surface area contributed by atoms with Crippen LogP contribution in [0.5, 0.6) is 0 Å². The Kier molecular flexibility index (Phi) is 4.54. The van der Waals surface area contributed by atoms with Crippen molar-refractivity contribution in [3.8, 4) is 0 Å². The van der Waals surface area contributed by atoms with Gasteiger partial charge in [0.1, 0.15) is 5.82 Å². The van der Waals surface area contributed by atoms with E-state index < -0.39 is 0 Å². The number of rotatable bonds is 3. The van der Waals surface area contributed by atoms with E-state index in [1.54, 1.807) is 6.07 Å². The minimum absolute atomic E-state index is 0.124. The van der Waals surface area contributed by atoms with Crippen LogP contribution in [0.25, 0.3) is 0 Å². The number of hydrogen-bond acceptors (Lipinski definition) is 1. The van der Waals surface area contributed by atoms with E-state index in [4.69, 9.17) is 0 Å². The first-order chi connectivity index (χ1) is 6.63. The summed E-state index contributed by atoms with van der Waals surface area (Å²) in [7, 11) is 0. The average molecular weight is 325 g/mol. The Balaban J connectivity index is 2.66. The predicted octanol–water partition coefficient (Wildman–Crippen LogP) is 2.60. The Morgan fingerprint density at radius 2 is 2.21 bits per heavy atom. The quantitative estimate of drug-likeness (QED) is 0.851. The molecule has 0 unspecified atom stereocenters. The summed E-state index contributed by atoms with van der Waals surface area (Å²) in [6, 6.07) is 4.36. The highest BCUT2D eigenvalue weighted by Gasteiger charge is 2.03. The molecule has 0 fully saturated rings. The van der Waals surface area contributed by atoms with Crippen LogP contribution >= 0.6 is 31.9 Å². The molecular formula is C9H8Br2FNO. The highest BCUT2D eigenvalue weighted by Crippen LogP contribution is 2.17. The van der Waals surface area contributed by atoms with E-state index in [1.165, 1.54) is 12.1 Å². The Bertz CT molecular complexity index is 344. The molecular weight excluding hydrogens is 317 g/mol. The molecule has 0 atom stereocenters. The fourth-order valence-electron chi connectivity index (χ4n) is 0.920. The summed E-state index contributed by atoms with van der Waals surface area (Å²) >= 11 is 6.30. The monoisotopic (exact) mass is 323 g/mol. The minimum atomic E-state index is -0.309. The zero-order valence-corrected chi connectivity index (χ0v) is 10.4. The van der Waals surface area contributed by atoms with Crippen molar-refractivity contribution in [3.05, 3.63) is 34.1 Å². The molecule has 0 bridgehead atoms. The van der Waals surface area contributed by atoms with Crippen LogP contribution in [0, 0.1) is 5.82 Å². The van der Waals surface area contributed by atoms with Gasteiger partial charge in [0.05, 0.1) is 5.33 Å². The smallest absolute Gasteiger partial charge is 0.230 e. The molecule has 0 saturated heterocycles. The van der Waals surface area contributed by atoms with Crippen LogP contribution < -0.4 is 5.32 Å². The molecule has 0 spiro atoms. The Hall–Kier alpha value is -0.420. The van der Waals surface area contributed by atoms with Gasteiger partial charge in [0.15, 0.2) is 0 Å². The Morgan fingerprint density at radius 3 is 2.86 bits per heavy atom. The summed E-state index contributed by atoms with van der Waals surface area (Å²) in [6.07, 6.45) is 0. The lowest BCUT2D eigenvalue weighted by atomic mass is 10.2. The maximum absolute atomic E-state index is 12.8. The third-order valence-corrected chi connectivity index (χ3v) is 2.89. The Labute approximate surface area is 98.1 Å². The fourth-order valence-corrected chi connectivity index (χ4v) is 1.50. The van der Waals surface area contributed by atoms with Crippen molar-refractivity contribution < 1.29 is 9.18 Å². The lowest BCUT2D eigenvalue weighted by Gasteiger charge is -2.05. The summed E-state index contributed by atoms with van der Waals surface area (Å²) < 4.78 is 13.6. The van der Waals surface area contributed by atoms with Crippen molar-refractivity contribution in [2.24, 2.45) is 0 Å². The zero-order valence-electron chi connectivity index (χ0n) is 7.19. The third kappa shape index (κ3) is 3.38. The van der Waals surface area contributed by atoms with Crippen LogP contribution in [0.4, 0.5) is 4.39 Å². The number of carbonyl (C=O) groups is 1. The van der Waals surface area contributed by atoms with Crippen LogP contribution in [0.15, 0.2) is 22.7 Å². The van der Waals surface area contributed by atoms with Crippen molar-refractivity contribution in [2.45, 2.75) is 6.54 Å². The highest BCUT2D eigenvalue weighted by molar-refractivity contribution is 9.10. The van der Waals surface area contributed by atoms with Gasteiger partial charge in [0.25, 0.3) is 0 Å². The van der Waals surface area contributed by atoms with Gasteiger partial charge in [-0.25, -0.2) is 4.39 Å². The number of benzene rings is 1. The van der Waals surface area contributed by atoms with Crippen LogP contribution in [-0.2, 0) is 11.3 Å². The molecule has 0 radical (unpaired) electrons. The van der Waals surface area contributed by atoms with Crippen molar-refractivity contribution in [2.75, 3.05) is 5.33 Å². The van der Waals surface area contributed by atoms with Crippen molar-refractivity contribution in [1.82, 2.24) is 5.32 Å². The topological polar surface area (TPSA) is 29.1 Å². The van der Waals surface area contributed by atoms with Gasteiger partial charge < -0.3 is 5.32 Å². The molecule has 0 aliphatic carbocycles. The lowest BCUT2D eigenvalue weighted by Crippen LogP contribution is -2.23. The molecule has 5 heteroatoms. The molecule has 0 aliphatic rings. The van der Waals surface area contributed by atoms with E-state index in [2.05, 4.69) is 37.2 Å². The molecule has 0 heterocycles. The zero-order chi connectivity index (χ0) is 10.6. The van der Waals surface area contributed by atoms with Crippen molar-refractivity contribution in [3.63, 3.8) is 0 Å². The van der Waals surface area contributed by atoms with Gasteiger partial charge in [-0.05, 0) is 23.8 Å². The molecule has 0 saturated carbocycles. The van der Waals surface area contributed by atoms with E-state index in [0.29, 0.717) is 6.54 Å². The maximum Gasteiger partial charge on any atom is 0.230 e. The number of alkyl halides is 1. The van der Waals surface area contributed by atoms with Gasteiger partial charge in [-0.2, -0.15) is 0 Å². The van der Waals surface area contributed by atoms with Gasteiger partial charge in [-0.3, -0.25) is 4.79 Å². The Morgan fingerprint density at radius 1 is 1.50 bits per heavy atom. The van der Waals surface area contributed by atoms with Crippen LogP contribution in [-0.4, -0.2) is 11.2 Å². The lowest BCUT2D eigenvalue weighted by molar-refractivity contribution is -0.118.